The number of nitrogen functional groups attached to an aromatic ring is 1. The van der Waals surface area contributed by atoms with Gasteiger partial charge in [0.1, 0.15) is 4.88 Å². The zero-order valence-electron chi connectivity index (χ0n) is 11.8. The lowest BCUT2D eigenvalue weighted by molar-refractivity contribution is 0.0833. The highest BCUT2D eigenvalue weighted by Gasteiger charge is 2.21. The monoisotopic (exact) mass is 282 g/mol. The van der Waals surface area contributed by atoms with E-state index in [9.17, 15) is 4.79 Å². The van der Waals surface area contributed by atoms with Crippen molar-refractivity contribution >= 4 is 27.9 Å². The molecule has 5 nitrogen and oxygen atoms in total. The van der Waals surface area contributed by atoms with Crippen LogP contribution in [0.4, 0.5) is 10.7 Å². The number of likely N-dealkylation sites (N-methyl/N-ethyl adjacent to an activating group) is 1. The van der Waals surface area contributed by atoms with Crippen LogP contribution in [-0.2, 0) is 0 Å². The van der Waals surface area contributed by atoms with E-state index in [1.807, 2.05) is 6.07 Å². The van der Waals surface area contributed by atoms with Gasteiger partial charge in [-0.3, -0.25) is 4.79 Å². The van der Waals surface area contributed by atoms with Crippen LogP contribution in [0.3, 0.4) is 0 Å². The maximum Gasteiger partial charge on any atom is 0.265 e. The predicted octanol–water partition coefficient (Wildman–Crippen LogP) is 1.54. The Morgan fingerprint density at radius 1 is 1.63 bits per heavy atom. The van der Waals surface area contributed by atoms with Gasteiger partial charge in [-0.05, 0) is 32.5 Å². The van der Waals surface area contributed by atoms with E-state index >= 15 is 0 Å². The molecular formula is C13H22N4OS. The van der Waals surface area contributed by atoms with Crippen LogP contribution in [0.5, 0.6) is 0 Å². The molecule has 0 radical (unpaired) electrons. The molecule has 1 fully saturated rings. The lowest BCUT2D eigenvalue weighted by Gasteiger charge is -2.19. The minimum Gasteiger partial charge on any atom is -0.397 e. The zero-order valence-corrected chi connectivity index (χ0v) is 12.6. The van der Waals surface area contributed by atoms with Gasteiger partial charge in [-0.2, -0.15) is 0 Å². The van der Waals surface area contributed by atoms with E-state index < -0.39 is 0 Å². The Hall–Kier alpha value is -1.27. The van der Waals surface area contributed by atoms with E-state index in [1.165, 1.54) is 30.7 Å². The first-order valence-electron chi connectivity index (χ1n) is 6.54. The summed E-state index contributed by atoms with van der Waals surface area (Å²) < 4.78 is 0. The molecule has 1 unspecified atom stereocenters. The molecule has 1 aliphatic rings. The van der Waals surface area contributed by atoms with E-state index in [0.717, 1.165) is 11.5 Å². The van der Waals surface area contributed by atoms with Gasteiger partial charge in [0.2, 0.25) is 0 Å². The smallest absolute Gasteiger partial charge is 0.265 e. The van der Waals surface area contributed by atoms with E-state index in [-0.39, 0.29) is 5.91 Å². The van der Waals surface area contributed by atoms with Gasteiger partial charge in [-0.15, -0.1) is 11.3 Å². The molecule has 0 bridgehead atoms. The SMILES string of the molecule is CN(C)C(=O)c1sc(NCC2CCCN2C)cc1N. The molecule has 2 heterocycles. The molecule has 106 valence electrons. The van der Waals surface area contributed by atoms with E-state index in [2.05, 4.69) is 17.3 Å². The zero-order chi connectivity index (χ0) is 14.0. The number of carbonyl (C=O) groups excluding carboxylic acids is 1. The van der Waals surface area contributed by atoms with Crippen LogP contribution in [0.15, 0.2) is 6.07 Å². The van der Waals surface area contributed by atoms with Crippen molar-refractivity contribution in [1.82, 2.24) is 9.80 Å². The molecule has 3 N–H and O–H groups in total. The number of hydrogen-bond acceptors (Lipinski definition) is 5. The molecule has 19 heavy (non-hydrogen) atoms. The highest BCUT2D eigenvalue weighted by Crippen LogP contribution is 2.30. The van der Waals surface area contributed by atoms with Crippen LogP contribution in [0.25, 0.3) is 0 Å². The first-order chi connectivity index (χ1) is 8.99. The van der Waals surface area contributed by atoms with Crippen molar-refractivity contribution in [2.24, 2.45) is 0 Å². The molecule has 0 aromatic carbocycles. The van der Waals surface area contributed by atoms with Gasteiger partial charge in [0.05, 0.1) is 10.7 Å². The summed E-state index contributed by atoms with van der Waals surface area (Å²) in [5, 5.41) is 4.37. The van der Waals surface area contributed by atoms with Gasteiger partial charge >= 0.3 is 0 Å². The lowest BCUT2D eigenvalue weighted by Crippen LogP contribution is -2.31. The van der Waals surface area contributed by atoms with Crippen molar-refractivity contribution in [1.29, 1.82) is 0 Å². The van der Waals surface area contributed by atoms with E-state index in [4.69, 9.17) is 5.73 Å². The Bertz CT molecular complexity index is 457. The Labute approximate surface area is 118 Å². The number of anilines is 2. The number of nitrogens with zero attached hydrogens (tertiary/aromatic N) is 2. The summed E-state index contributed by atoms with van der Waals surface area (Å²) in [6, 6.07) is 2.44. The summed E-state index contributed by atoms with van der Waals surface area (Å²) in [6.45, 7) is 2.08. The van der Waals surface area contributed by atoms with E-state index in [0.29, 0.717) is 16.6 Å². The summed E-state index contributed by atoms with van der Waals surface area (Å²) in [5.74, 6) is -0.0338. The lowest BCUT2D eigenvalue weighted by atomic mass is 10.2. The summed E-state index contributed by atoms with van der Waals surface area (Å²) in [5.41, 5.74) is 6.46. The molecule has 1 atom stereocenters. The van der Waals surface area contributed by atoms with Gasteiger partial charge in [-0.1, -0.05) is 0 Å². The van der Waals surface area contributed by atoms with E-state index in [1.54, 1.807) is 19.0 Å². The quantitative estimate of drug-likeness (QED) is 0.879. The second-order valence-corrected chi connectivity index (χ2v) is 6.30. The summed E-state index contributed by atoms with van der Waals surface area (Å²) >= 11 is 1.43. The van der Waals surface area contributed by atoms with Crippen LogP contribution in [-0.4, -0.2) is 56.0 Å². The fraction of sp³-hybridized carbons (Fsp3) is 0.615. The molecule has 1 aromatic heterocycles. The van der Waals surface area contributed by atoms with Crippen LogP contribution in [0.1, 0.15) is 22.5 Å². The highest BCUT2D eigenvalue weighted by atomic mass is 32.1. The minimum absolute atomic E-state index is 0.0338. The standard InChI is InChI=1S/C13H22N4OS/c1-16(2)13(18)12-10(14)7-11(19-12)15-8-9-5-4-6-17(9)3/h7,9,15H,4-6,8,14H2,1-3H3. The molecule has 0 aliphatic carbocycles. The molecule has 1 amide bonds. The van der Waals surface area contributed by atoms with Crippen LogP contribution in [0, 0.1) is 0 Å². The number of likely N-dealkylation sites (tertiary alicyclic amines) is 1. The third-order valence-corrected chi connectivity index (χ3v) is 4.64. The maximum absolute atomic E-state index is 11.9. The van der Waals surface area contributed by atoms with Crippen molar-refractivity contribution in [2.45, 2.75) is 18.9 Å². The Morgan fingerprint density at radius 3 is 2.95 bits per heavy atom. The van der Waals surface area contributed by atoms with Crippen molar-refractivity contribution in [3.8, 4) is 0 Å². The second-order valence-electron chi connectivity index (χ2n) is 5.25. The number of amides is 1. The molecule has 1 saturated heterocycles. The Morgan fingerprint density at radius 2 is 2.37 bits per heavy atom. The van der Waals surface area contributed by atoms with Crippen LogP contribution < -0.4 is 11.1 Å². The summed E-state index contributed by atoms with van der Waals surface area (Å²) in [7, 11) is 5.63. The van der Waals surface area contributed by atoms with Gasteiger partial charge in [0.25, 0.3) is 5.91 Å². The molecule has 1 aromatic rings. The predicted molar refractivity (Wildman–Crippen MR) is 80.9 cm³/mol. The summed E-state index contributed by atoms with van der Waals surface area (Å²) in [4.78, 5) is 16.5. The van der Waals surface area contributed by atoms with Gasteiger partial charge in [0.15, 0.2) is 0 Å². The number of carbonyl (C=O) groups is 1. The average Bonchev–Trinajstić information content (AvgIpc) is 2.92. The number of nitrogens with one attached hydrogen (secondary N) is 1. The number of rotatable bonds is 4. The fourth-order valence-electron chi connectivity index (χ4n) is 2.32. The first-order valence-corrected chi connectivity index (χ1v) is 7.35. The highest BCUT2D eigenvalue weighted by molar-refractivity contribution is 7.18. The topological polar surface area (TPSA) is 61.6 Å². The molecule has 2 rings (SSSR count). The number of thiophene rings is 1. The molecule has 0 saturated carbocycles. The Balaban J connectivity index is 1.98. The number of nitrogens with two attached hydrogens (primary N) is 1. The van der Waals surface area contributed by atoms with Crippen molar-refractivity contribution in [2.75, 3.05) is 45.3 Å². The first kappa shape index (κ1) is 14.1. The molecule has 0 spiro atoms. The van der Waals surface area contributed by atoms with Gasteiger partial charge < -0.3 is 20.9 Å². The van der Waals surface area contributed by atoms with Crippen LogP contribution in [0.2, 0.25) is 0 Å². The molecular weight excluding hydrogens is 260 g/mol. The largest absolute Gasteiger partial charge is 0.397 e. The minimum atomic E-state index is -0.0338. The third-order valence-electron chi connectivity index (χ3n) is 3.54. The van der Waals surface area contributed by atoms with Crippen molar-refractivity contribution in [3.63, 3.8) is 0 Å². The van der Waals surface area contributed by atoms with Crippen LogP contribution >= 0.6 is 11.3 Å². The summed E-state index contributed by atoms with van der Waals surface area (Å²) in [6.07, 6.45) is 2.49. The van der Waals surface area contributed by atoms with Gasteiger partial charge in [0, 0.05) is 26.7 Å². The maximum atomic E-state index is 11.9. The third kappa shape index (κ3) is 3.19. The second kappa shape index (κ2) is 5.79. The average molecular weight is 282 g/mol. The molecule has 6 heteroatoms. The Kier molecular flexibility index (Phi) is 4.31. The molecule has 1 aliphatic heterocycles. The number of hydrogen-bond donors (Lipinski definition) is 2. The van der Waals surface area contributed by atoms with Gasteiger partial charge in [-0.25, -0.2) is 0 Å². The normalized spacial score (nSPS) is 19.6. The fourth-order valence-corrected chi connectivity index (χ4v) is 3.33. The van der Waals surface area contributed by atoms with Crippen molar-refractivity contribution in [3.05, 3.63) is 10.9 Å². The van der Waals surface area contributed by atoms with Crippen molar-refractivity contribution < 1.29 is 4.79 Å².